The molecule has 0 unspecified atom stereocenters. The Hall–Kier alpha value is -2.67. The molecular weight excluding hydrogens is 274 g/mol. The van der Waals surface area contributed by atoms with Gasteiger partial charge in [0.1, 0.15) is 0 Å². The van der Waals surface area contributed by atoms with Crippen LogP contribution in [-0.4, -0.2) is 37.1 Å². The first-order valence-corrected chi connectivity index (χ1v) is 6.20. The number of nitrogens with zero attached hydrogens (tertiary/aromatic N) is 1. The van der Waals surface area contributed by atoms with Gasteiger partial charge in [-0.2, -0.15) is 0 Å². The normalized spacial score (nSPS) is 13.1. The van der Waals surface area contributed by atoms with E-state index in [4.69, 9.17) is 4.74 Å². The predicted octanol–water partition coefficient (Wildman–Crippen LogP) is 0.697. The number of nitrogens with one attached hydrogen (secondary N) is 2. The van der Waals surface area contributed by atoms with Gasteiger partial charge >= 0.3 is 0 Å². The summed E-state index contributed by atoms with van der Waals surface area (Å²) < 4.78 is 5.44. The number of hydrogen-bond acceptors (Lipinski definition) is 6. The second-order valence-corrected chi connectivity index (χ2v) is 4.66. The first-order valence-electron chi connectivity index (χ1n) is 6.20. The molecule has 1 aliphatic rings. The summed E-state index contributed by atoms with van der Waals surface area (Å²) in [5.41, 5.74) is 3.30. The van der Waals surface area contributed by atoms with E-state index in [9.17, 15) is 14.4 Å². The quantitative estimate of drug-likeness (QED) is 0.482. The van der Waals surface area contributed by atoms with Crippen molar-refractivity contribution in [2.45, 2.75) is 6.92 Å². The molecule has 1 aliphatic heterocycles. The Morgan fingerprint density at radius 2 is 2.05 bits per heavy atom. The molecule has 1 aromatic rings. The van der Waals surface area contributed by atoms with Crippen LogP contribution in [0.25, 0.3) is 0 Å². The fourth-order valence-corrected chi connectivity index (χ4v) is 1.89. The van der Waals surface area contributed by atoms with Crippen LogP contribution in [0.5, 0.6) is 5.75 Å². The number of para-hydroxylation sites is 1. The number of aldehydes is 1. The second kappa shape index (κ2) is 5.76. The Morgan fingerprint density at radius 1 is 1.33 bits per heavy atom. The van der Waals surface area contributed by atoms with Crippen LogP contribution in [0, 0.1) is 0 Å². The van der Waals surface area contributed by atoms with E-state index < -0.39 is 5.91 Å². The molecule has 0 bridgehead atoms. The topological polar surface area (TPSA) is 87.7 Å². The van der Waals surface area contributed by atoms with Crippen LogP contribution < -0.4 is 15.5 Å². The highest BCUT2D eigenvalue weighted by atomic mass is 16.5. The Kier molecular flexibility index (Phi) is 4.04. The third-order valence-electron chi connectivity index (χ3n) is 2.77. The molecule has 2 rings (SSSR count). The lowest BCUT2D eigenvalue weighted by atomic mass is 10.1. The molecule has 110 valence electrons. The summed E-state index contributed by atoms with van der Waals surface area (Å²) >= 11 is 0. The highest BCUT2D eigenvalue weighted by Gasteiger charge is 2.27. The van der Waals surface area contributed by atoms with Crippen molar-refractivity contribution >= 4 is 23.7 Å². The zero-order valence-corrected chi connectivity index (χ0v) is 11.9. The third kappa shape index (κ3) is 2.92. The SMILES string of the molecule is CC(=O)c1cccc2c1OC(C=O)=C(C(=O)NN(C)C)N2. The van der Waals surface area contributed by atoms with Crippen LogP contribution in [-0.2, 0) is 9.59 Å². The number of carbonyl (C=O) groups is 3. The monoisotopic (exact) mass is 289 g/mol. The van der Waals surface area contributed by atoms with Crippen molar-refractivity contribution < 1.29 is 19.1 Å². The smallest absolute Gasteiger partial charge is 0.285 e. The van der Waals surface area contributed by atoms with Gasteiger partial charge in [0.05, 0.1) is 11.3 Å². The molecule has 21 heavy (non-hydrogen) atoms. The molecule has 7 heteroatoms. The number of allylic oxidation sites excluding steroid dienone is 1. The summed E-state index contributed by atoms with van der Waals surface area (Å²) in [6.07, 6.45) is 0.428. The number of ether oxygens (including phenoxy) is 1. The molecule has 1 aromatic carbocycles. The fourth-order valence-electron chi connectivity index (χ4n) is 1.89. The van der Waals surface area contributed by atoms with Gasteiger partial charge in [-0.05, 0) is 19.1 Å². The summed E-state index contributed by atoms with van der Waals surface area (Å²) in [5, 5.41) is 4.28. The zero-order valence-electron chi connectivity index (χ0n) is 11.9. The lowest BCUT2D eigenvalue weighted by molar-refractivity contribution is -0.121. The second-order valence-electron chi connectivity index (χ2n) is 4.66. The maximum atomic E-state index is 12.0. The number of fused-ring (bicyclic) bond motifs is 1. The molecule has 0 radical (unpaired) electrons. The van der Waals surface area contributed by atoms with Gasteiger partial charge in [0.15, 0.2) is 29.3 Å². The van der Waals surface area contributed by atoms with Gasteiger partial charge in [-0.3, -0.25) is 19.8 Å². The summed E-state index contributed by atoms with van der Waals surface area (Å²) in [6, 6.07) is 4.92. The Balaban J connectivity index is 2.43. The maximum absolute atomic E-state index is 12.0. The summed E-state index contributed by atoms with van der Waals surface area (Å²) in [4.78, 5) is 34.8. The molecule has 0 saturated heterocycles. The van der Waals surface area contributed by atoms with E-state index >= 15 is 0 Å². The first kappa shape index (κ1) is 14.7. The van der Waals surface area contributed by atoms with Crippen LogP contribution >= 0.6 is 0 Å². The van der Waals surface area contributed by atoms with Gasteiger partial charge in [-0.1, -0.05) is 6.07 Å². The van der Waals surface area contributed by atoms with E-state index in [1.165, 1.54) is 11.9 Å². The Labute approximate surface area is 121 Å². The molecule has 0 fully saturated rings. The number of amides is 1. The number of carbonyl (C=O) groups excluding carboxylic acids is 3. The molecule has 0 aliphatic carbocycles. The van der Waals surface area contributed by atoms with E-state index in [1.807, 2.05) is 0 Å². The minimum atomic E-state index is -0.513. The lowest BCUT2D eigenvalue weighted by Gasteiger charge is -2.24. The van der Waals surface area contributed by atoms with Crippen LogP contribution in [0.2, 0.25) is 0 Å². The minimum Gasteiger partial charge on any atom is -0.449 e. The Morgan fingerprint density at radius 3 is 2.62 bits per heavy atom. The highest BCUT2D eigenvalue weighted by molar-refractivity contribution is 6.04. The van der Waals surface area contributed by atoms with Crippen molar-refractivity contribution in [2.75, 3.05) is 19.4 Å². The van der Waals surface area contributed by atoms with E-state index in [0.717, 1.165) is 0 Å². The van der Waals surface area contributed by atoms with Gasteiger partial charge in [0.2, 0.25) is 0 Å². The van der Waals surface area contributed by atoms with Crippen LogP contribution in [0.1, 0.15) is 17.3 Å². The van der Waals surface area contributed by atoms with Crippen molar-refractivity contribution in [1.82, 2.24) is 10.4 Å². The van der Waals surface area contributed by atoms with Gasteiger partial charge in [-0.15, -0.1) is 0 Å². The number of rotatable bonds is 4. The molecule has 7 nitrogen and oxygen atoms in total. The predicted molar refractivity (Wildman–Crippen MR) is 75.6 cm³/mol. The van der Waals surface area contributed by atoms with E-state index in [2.05, 4.69) is 10.7 Å². The Bertz CT molecular complexity index is 650. The van der Waals surface area contributed by atoms with Crippen molar-refractivity contribution in [3.8, 4) is 5.75 Å². The van der Waals surface area contributed by atoms with Gasteiger partial charge < -0.3 is 10.1 Å². The van der Waals surface area contributed by atoms with E-state index in [-0.39, 0.29) is 23.0 Å². The van der Waals surface area contributed by atoms with Crippen molar-refractivity contribution in [3.63, 3.8) is 0 Å². The van der Waals surface area contributed by atoms with Crippen molar-refractivity contribution in [2.24, 2.45) is 0 Å². The van der Waals surface area contributed by atoms with Gasteiger partial charge in [-0.25, -0.2) is 5.01 Å². The van der Waals surface area contributed by atoms with Gasteiger partial charge in [0.25, 0.3) is 5.91 Å². The van der Waals surface area contributed by atoms with Crippen LogP contribution in [0.15, 0.2) is 29.7 Å². The molecule has 2 N–H and O–H groups in total. The van der Waals surface area contributed by atoms with Crippen molar-refractivity contribution in [3.05, 3.63) is 35.2 Å². The zero-order chi connectivity index (χ0) is 15.6. The fraction of sp³-hybridized carbons (Fsp3) is 0.214. The molecule has 0 aromatic heterocycles. The number of anilines is 1. The third-order valence-corrected chi connectivity index (χ3v) is 2.77. The number of Topliss-reactive ketones (excluding diaryl/α,β-unsaturated/α-hetero) is 1. The molecule has 1 amide bonds. The number of hydrazine groups is 1. The lowest BCUT2D eigenvalue weighted by Crippen LogP contribution is -2.40. The summed E-state index contributed by atoms with van der Waals surface area (Å²) in [7, 11) is 3.29. The average Bonchev–Trinajstić information content (AvgIpc) is 2.44. The van der Waals surface area contributed by atoms with E-state index in [0.29, 0.717) is 17.5 Å². The van der Waals surface area contributed by atoms with Crippen LogP contribution in [0.4, 0.5) is 5.69 Å². The van der Waals surface area contributed by atoms with Crippen LogP contribution in [0.3, 0.4) is 0 Å². The molecule has 0 saturated carbocycles. The molecule has 0 atom stereocenters. The summed E-state index contributed by atoms with van der Waals surface area (Å²) in [5.74, 6) is -0.634. The average molecular weight is 289 g/mol. The van der Waals surface area contributed by atoms with E-state index in [1.54, 1.807) is 32.3 Å². The summed E-state index contributed by atoms with van der Waals surface area (Å²) in [6.45, 7) is 1.40. The number of benzene rings is 1. The maximum Gasteiger partial charge on any atom is 0.285 e. The molecular formula is C14H15N3O4. The largest absolute Gasteiger partial charge is 0.449 e. The standard InChI is InChI=1S/C14H15N3O4/c1-8(19)9-5-4-6-10-13(9)21-11(7-18)12(15-10)14(20)16-17(2)3/h4-7,15H,1-3H3,(H,16,20). The minimum absolute atomic E-state index is 0.00750. The van der Waals surface area contributed by atoms with Gasteiger partial charge in [0, 0.05) is 14.1 Å². The molecule has 0 spiro atoms. The highest BCUT2D eigenvalue weighted by Crippen LogP contribution is 2.35. The first-order chi connectivity index (χ1) is 9.93. The number of hydrogen-bond donors (Lipinski definition) is 2. The van der Waals surface area contributed by atoms with Crippen molar-refractivity contribution in [1.29, 1.82) is 0 Å². The number of ketones is 1. The molecule has 1 heterocycles.